The van der Waals surface area contributed by atoms with Gasteiger partial charge in [-0.15, -0.1) is 0 Å². The Morgan fingerprint density at radius 2 is 1.57 bits per heavy atom. The Bertz CT molecular complexity index is 1330. The van der Waals surface area contributed by atoms with Crippen molar-refractivity contribution >= 4 is 21.5 Å². The molecule has 4 rings (SSSR count). The van der Waals surface area contributed by atoms with Crippen LogP contribution in [-0.2, 0) is 19.4 Å². The van der Waals surface area contributed by atoms with Crippen molar-refractivity contribution in [2.45, 2.75) is 35.3 Å². The summed E-state index contributed by atoms with van der Waals surface area (Å²) in [4.78, 5) is 25.2. The standard InChI is InChI=1S/C28H29NO7S/c30-26(25-10-5-4-9-24(25)21-7-2-1-3-8-21)11-6-18-36-22-12-14-23(15-13-22)37(33,34)28(27(31)29-32)16-19-35-20-17-28/h1-5,7-10,12-15,32H,6,11,16-20H2,(H,29,31). The van der Waals surface area contributed by atoms with Crippen molar-refractivity contribution < 1.29 is 32.7 Å². The molecule has 9 heteroatoms. The van der Waals surface area contributed by atoms with Crippen LogP contribution in [0.5, 0.6) is 5.75 Å². The maximum absolute atomic E-state index is 13.3. The summed E-state index contributed by atoms with van der Waals surface area (Å²) in [6, 6.07) is 23.1. The quantitative estimate of drug-likeness (QED) is 0.177. The van der Waals surface area contributed by atoms with E-state index < -0.39 is 20.5 Å². The Balaban J connectivity index is 1.36. The van der Waals surface area contributed by atoms with Gasteiger partial charge in [0.05, 0.1) is 11.5 Å². The van der Waals surface area contributed by atoms with Crippen molar-refractivity contribution in [3.8, 4) is 16.9 Å². The largest absolute Gasteiger partial charge is 0.494 e. The number of hydrogen-bond donors (Lipinski definition) is 2. The summed E-state index contributed by atoms with van der Waals surface area (Å²) in [6.45, 7) is 0.476. The number of hydroxylamine groups is 1. The van der Waals surface area contributed by atoms with Gasteiger partial charge in [0.15, 0.2) is 20.4 Å². The first-order valence-electron chi connectivity index (χ1n) is 12.1. The van der Waals surface area contributed by atoms with Crippen LogP contribution in [0, 0.1) is 0 Å². The number of benzene rings is 3. The summed E-state index contributed by atoms with van der Waals surface area (Å²) in [5.41, 5.74) is 4.04. The Morgan fingerprint density at radius 1 is 0.919 bits per heavy atom. The molecule has 3 aromatic rings. The number of sulfone groups is 1. The summed E-state index contributed by atoms with van der Waals surface area (Å²) < 4.78 is 35.8. The van der Waals surface area contributed by atoms with Crippen LogP contribution in [0.4, 0.5) is 0 Å². The van der Waals surface area contributed by atoms with E-state index in [2.05, 4.69) is 0 Å². The molecule has 0 bridgehead atoms. The van der Waals surface area contributed by atoms with Crippen LogP contribution in [0.25, 0.3) is 11.1 Å². The molecule has 0 aliphatic carbocycles. The number of hydrogen-bond acceptors (Lipinski definition) is 7. The van der Waals surface area contributed by atoms with Gasteiger partial charge in [0.25, 0.3) is 5.91 Å². The summed E-state index contributed by atoms with van der Waals surface area (Å²) in [6.07, 6.45) is 0.682. The van der Waals surface area contributed by atoms with Gasteiger partial charge in [-0.25, -0.2) is 13.9 Å². The Kier molecular flexibility index (Phi) is 8.38. The van der Waals surface area contributed by atoms with E-state index in [0.717, 1.165) is 11.1 Å². The third kappa shape index (κ3) is 5.58. The summed E-state index contributed by atoms with van der Waals surface area (Å²) in [5, 5.41) is 9.16. The number of ether oxygens (including phenoxy) is 2. The lowest BCUT2D eigenvalue weighted by Crippen LogP contribution is -2.54. The predicted molar refractivity (Wildman–Crippen MR) is 137 cm³/mol. The highest BCUT2D eigenvalue weighted by atomic mass is 32.2. The van der Waals surface area contributed by atoms with E-state index in [1.54, 1.807) is 0 Å². The number of nitrogens with one attached hydrogen (secondary N) is 1. The van der Waals surface area contributed by atoms with Crippen molar-refractivity contribution in [3.05, 3.63) is 84.4 Å². The minimum absolute atomic E-state index is 0.0217. The molecule has 37 heavy (non-hydrogen) atoms. The topological polar surface area (TPSA) is 119 Å². The zero-order valence-corrected chi connectivity index (χ0v) is 21.1. The van der Waals surface area contributed by atoms with Gasteiger partial charge in [0.2, 0.25) is 0 Å². The molecule has 8 nitrogen and oxygen atoms in total. The lowest BCUT2D eigenvalue weighted by molar-refractivity contribution is -0.134. The van der Waals surface area contributed by atoms with Crippen molar-refractivity contribution in [2.24, 2.45) is 0 Å². The Labute approximate surface area is 216 Å². The predicted octanol–water partition coefficient (Wildman–Crippen LogP) is 4.22. The van der Waals surface area contributed by atoms with Crippen LogP contribution in [0.1, 0.15) is 36.0 Å². The molecular weight excluding hydrogens is 494 g/mol. The van der Waals surface area contributed by atoms with Gasteiger partial charge in [-0.2, -0.15) is 0 Å². The molecule has 0 aromatic heterocycles. The summed E-state index contributed by atoms with van der Waals surface area (Å²) in [5.74, 6) is -0.494. The fourth-order valence-electron chi connectivity index (χ4n) is 4.51. The fraction of sp³-hybridized carbons (Fsp3) is 0.286. The Morgan fingerprint density at radius 3 is 2.24 bits per heavy atom. The van der Waals surface area contributed by atoms with Crippen molar-refractivity contribution in [1.29, 1.82) is 0 Å². The van der Waals surface area contributed by atoms with Gasteiger partial charge in [-0.3, -0.25) is 14.8 Å². The lowest BCUT2D eigenvalue weighted by Gasteiger charge is -2.34. The van der Waals surface area contributed by atoms with E-state index in [9.17, 15) is 18.0 Å². The first-order chi connectivity index (χ1) is 17.9. The SMILES string of the molecule is O=C(CCCOc1ccc(S(=O)(=O)C2(C(=O)NO)CCOCC2)cc1)c1ccccc1-c1ccccc1. The third-order valence-electron chi connectivity index (χ3n) is 6.59. The van der Waals surface area contributed by atoms with E-state index in [0.29, 0.717) is 24.2 Å². The van der Waals surface area contributed by atoms with Gasteiger partial charge in [0, 0.05) is 25.2 Å². The molecule has 0 radical (unpaired) electrons. The van der Waals surface area contributed by atoms with Gasteiger partial charge >= 0.3 is 0 Å². The number of amides is 1. The normalized spacial score (nSPS) is 15.1. The van der Waals surface area contributed by atoms with E-state index in [-0.39, 0.29) is 43.3 Å². The number of carbonyl (C=O) groups excluding carboxylic acids is 2. The van der Waals surface area contributed by atoms with E-state index in [4.69, 9.17) is 14.7 Å². The molecule has 1 aliphatic heterocycles. The molecule has 1 saturated heterocycles. The van der Waals surface area contributed by atoms with Gasteiger partial charge in [-0.05, 0) is 54.7 Å². The molecule has 3 aromatic carbocycles. The first kappa shape index (κ1) is 26.5. The van der Waals surface area contributed by atoms with Crippen LogP contribution in [0.3, 0.4) is 0 Å². The number of ketones is 1. The number of carbonyl (C=O) groups is 2. The second-order valence-corrected chi connectivity index (χ2v) is 11.1. The molecule has 2 N–H and O–H groups in total. The van der Waals surface area contributed by atoms with Crippen LogP contribution in [0.15, 0.2) is 83.8 Å². The van der Waals surface area contributed by atoms with Crippen molar-refractivity contribution in [1.82, 2.24) is 5.48 Å². The minimum atomic E-state index is -4.10. The molecule has 1 heterocycles. The minimum Gasteiger partial charge on any atom is -0.494 e. The molecule has 1 amide bonds. The van der Waals surface area contributed by atoms with Crippen molar-refractivity contribution in [2.75, 3.05) is 19.8 Å². The average Bonchev–Trinajstić information content (AvgIpc) is 2.95. The fourth-order valence-corrected chi connectivity index (χ4v) is 6.45. The molecule has 0 atom stereocenters. The monoisotopic (exact) mass is 523 g/mol. The van der Waals surface area contributed by atoms with Crippen molar-refractivity contribution in [3.63, 3.8) is 0 Å². The van der Waals surface area contributed by atoms with E-state index in [1.807, 2.05) is 54.6 Å². The highest BCUT2D eigenvalue weighted by Crippen LogP contribution is 2.36. The van der Waals surface area contributed by atoms with E-state index in [1.165, 1.54) is 29.7 Å². The van der Waals surface area contributed by atoms with Crippen LogP contribution in [0.2, 0.25) is 0 Å². The second-order valence-electron chi connectivity index (χ2n) is 8.81. The van der Waals surface area contributed by atoms with Gasteiger partial charge in [-0.1, -0.05) is 54.6 Å². The molecular formula is C28H29NO7S. The van der Waals surface area contributed by atoms with Gasteiger partial charge in [0.1, 0.15) is 5.75 Å². The summed E-state index contributed by atoms with van der Waals surface area (Å²) in [7, 11) is -4.10. The lowest BCUT2D eigenvalue weighted by atomic mass is 9.95. The molecule has 1 fully saturated rings. The zero-order chi connectivity index (χ0) is 26.3. The first-order valence-corrected chi connectivity index (χ1v) is 13.5. The van der Waals surface area contributed by atoms with Crippen LogP contribution < -0.4 is 10.2 Å². The highest BCUT2D eigenvalue weighted by molar-refractivity contribution is 7.93. The maximum Gasteiger partial charge on any atom is 0.265 e. The summed E-state index contributed by atoms with van der Waals surface area (Å²) >= 11 is 0. The molecule has 0 saturated carbocycles. The number of Topliss-reactive ketones (excluding diaryl/α,β-unsaturated/α-hetero) is 1. The van der Waals surface area contributed by atoms with Crippen LogP contribution >= 0.6 is 0 Å². The average molecular weight is 524 g/mol. The molecule has 194 valence electrons. The van der Waals surface area contributed by atoms with Crippen LogP contribution in [-0.4, -0.2) is 49.9 Å². The third-order valence-corrected chi connectivity index (χ3v) is 9.11. The smallest absolute Gasteiger partial charge is 0.265 e. The molecule has 0 unspecified atom stereocenters. The highest BCUT2D eigenvalue weighted by Gasteiger charge is 2.52. The molecule has 1 aliphatic rings. The number of rotatable bonds is 10. The zero-order valence-electron chi connectivity index (χ0n) is 20.3. The van der Waals surface area contributed by atoms with Gasteiger partial charge < -0.3 is 9.47 Å². The Hall–Kier alpha value is -3.53. The maximum atomic E-state index is 13.3. The molecule has 0 spiro atoms. The van der Waals surface area contributed by atoms with E-state index >= 15 is 0 Å². The second kappa shape index (κ2) is 11.7.